The van der Waals surface area contributed by atoms with E-state index < -0.39 is 0 Å². The smallest absolute Gasteiger partial charge is 0.111 e. The van der Waals surface area contributed by atoms with Gasteiger partial charge in [-0.2, -0.15) is 0 Å². The van der Waals surface area contributed by atoms with Crippen LogP contribution in [0.5, 0.6) is 0 Å². The third kappa shape index (κ3) is 2.35. The van der Waals surface area contributed by atoms with Crippen LogP contribution >= 0.6 is 11.6 Å². The van der Waals surface area contributed by atoms with Crippen LogP contribution in [0.3, 0.4) is 0 Å². The third-order valence-corrected chi connectivity index (χ3v) is 5.09. The van der Waals surface area contributed by atoms with Crippen molar-refractivity contribution in [2.75, 3.05) is 5.88 Å². The highest BCUT2D eigenvalue weighted by Gasteiger charge is 2.41. The SMILES string of the molecule is ClCCc1nc2ccccc2n1CC(C1CC1)C1CC1. The maximum absolute atomic E-state index is 5.97. The molecule has 2 nitrogen and oxygen atoms in total. The molecule has 0 bridgehead atoms. The Hall–Kier alpha value is -1.02. The van der Waals surface area contributed by atoms with Gasteiger partial charge in [-0.1, -0.05) is 12.1 Å². The molecule has 0 atom stereocenters. The fraction of sp³-hybridized carbons (Fsp3) is 0.588. The quantitative estimate of drug-likeness (QED) is 0.727. The van der Waals surface area contributed by atoms with Crippen LogP contribution in [0.15, 0.2) is 24.3 Å². The highest BCUT2D eigenvalue weighted by molar-refractivity contribution is 6.17. The molecule has 1 aromatic heterocycles. The minimum absolute atomic E-state index is 0.654. The van der Waals surface area contributed by atoms with Crippen molar-refractivity contribution in [2.45, 2.75) is 38.6 Å². The van der Waals surface area contributed by atoms with Crippen molar-refractivity contribution in [2.24, 2.45) is 17.8 Å². The summed E-state index contributed by atoms with van der Waals surface area (Å²) in [5.74, 6) is 4.66. The topological polar surface area (TPSA) is 17.8 Å². The molecule has 0 saturated heterocycles. The fourth-order valence-corrected chi connectivity index (χ4v) is 3.72. The van der Waals surface area contributed by atoms with Gasteiger partial charge >= 0.3 is 0 Å². The summed E-state index contributed by atoms with van der Waals surface area (Å²) < 4.78 is 2.46. The second-order valence-corrected chi connectivity index (χ2v) is 6.78. The molecule has 3 heteroatoms. The van der Waals surface area contributed by atoms with Gasteiger partial charge in [0.25, 0.3) is 0 Å². The van der Waals surface area contributed by atoms with Gasteiger partial charge in [0.15, 0.2) is 0 Å². The molecular weight excluding hydrogens is 268 g/mol. The van der Waals surface area contributed by atoms with Crippen molar-refractivity contribution < 1.29 is 0 Å². The summed E-state index contributed by atoms with van der Waals surface area (Å²) in [4.78, 5) is 4.79. The van der Waals surface area contributed by atoms with E-state index in [0.29, 0.717) is 5.88 Å². The van der Waals surface area contributed by atoms with E-state index >= 15 is 0 Å². The Labute approximate surface area is 125 Å². The number of rotatable bonds is 6. The number of imidazole rings is 1. The van der Waals surface area contributed by atoms with Crippen molar-refractivity contribution in [3.8, 4) is 0 Å². The van der Waals surface area contributed by atoms with Crippen LogP contribution in [0.25, 0.3) is 11.0 Å². The predicted molar refractivity (Wildman–Crippen MR) is 83.1 cm³/mol. The van der Waals surface area contributed by atoms with Crippen molar-refractivity contribution in [3.63, 3.8) is 0 Å². The average Bonchev–Trinajstić information content (AvgIpc) is 3.35. The molecule has 0 radical (unpaired) electrons. The van der Waals surface area contributed by atoms with Crippen LogP contribution in [-0.2, 0) is 13.0 Å². The summed E-state index contributed by atoms with van der Waals surface area (Å²) in [5.41, 5.74) is 2.41. The number of alkyl halides is 1. The van der Waals surface area contributed by atoms with E-state index in [2.05, 4.69) is 28.8 Å². The van der Waals surface area contributed by atoms with E-state index in [4.69, 9.17) is 16.6 Å². The van der Waals surface area contributed by atoms with Gasteiger partial charge in [0.2, 0.25) is 0 Å². The second-order valence-electron chi connectivity index (χ2n) is 6.41. The van der Waals surface area contributed by atoms with Gasteiger partial charge in [-0.3, -0.25) is 0 Å². The predicted octanol–water partition coefficient (Wildman–Crippen LogP) is 4.25. The molecule has 20 heavy (non-hydrogen) atoms. The number of aryl methyl sites for hydroxylation is 1. The Morgan fingerprint density at radius 1 is 1.15 bits per heavy atom. The Balaban J connectivity index is 1.70. The van der Waals surface area contributed by atoms with Gasteiger partial charge < -0.3 is 4.57 Å². The zero-order valence-corrected chi connectivity index (χ0v) is 12.5. The number of benzene rings is 1. The molecule has 2 aliphatic carbocycles. The summed E-state index contributed by atoms with van der Waals surface area (Å²) in [7, 11) is 0. The normalized spacial score (nSPS) is 19.1. The van der Waals surface area contributed by atoms with Crippen molar-refractivity contribution >= 4 is 22.6 Å². The molecule has 0 spiro atoms. The fourth-order valence-electron chi connectivity index (χ4n) is 3.55. The van der Waals surface area contributed by atoms with Crippen LogP contribution in [-0.4, -0.2) is 15.4 Å². The number of hydrogen-bond acceptors (Lipinski definition) is 1. The average molecular weight is 289 g/mol. The van der Waals surface area contributed by atoms with Gasteiger partial charge in [0.05, 0.1) is 11.0 Å². The summed E-state index contributed by atoms with van der Waals surface area (Å²) in [6, 6.07) is 8.52. The first-order valence-corrected chi connectivity index (χ1v) is 8.40. The maximum Gasteiger partial charge on any atom is 0.111 e. The van der Waals surface area contributed by atoms with Crippen LogP contribution in [0, 0.1) is 17.8 Å². The summed E-state index contributed by atoms with van der Waals surface area (Å²) in [6.07, 6.45) is 6.65. The zero-order valence-electron chi connectivity index (χ0n) is 11.8. The largest absolute Gasteiger partial charge is 0.328 e. The molecule has 2 saturated carbocycles. The Morgan fingerprint density at radius 2 is 1.85 bits per heavy atom. The van der Waals surface area contributed by atoms with E-state index in [0.717, 1.165) is 36.2 Å². The van der Waals surface area contributed by atoms with Gasteiger partial charge in [-0.05, 0) is 55.6 Å². The van der Waals surface area contributed by atoms with E-state index in [9.17, 15) is 0 Å². The second kappa shape index (κ2) is 5.07. The molecule has 0 aliphatic heterocycles. The van der Waals surface area contributed by atoms with Gasteiger partial charge in [0, 0.05) is 18.8 Å². The third-order valence-electron chi connectivity index (χ3n) is 4.90. The van der Waals surface area contributed by atoms with Gasteiger partial charge in [-0.25, -0.2) is 4.98 Å². The van der Waals surface area contributed by atoms with E-state index in [1.807, 2.05) is 0 Å². The molecule has 106 valence electrons. The van der Waals surface area contributed by atoms with E-state index in [-0.39, 0.29) is 0 Å². The van der Waals surface area contributed by atoms with Crippen LogP contribution in [0.4, 0.5) is 0 Å². The lowest BCUT2D eigenvalue weighted by Crippen LogP contribution is -2.17. The number of nitrogens with zero attached hydrogens (tertiary/aromatic N) is 2. The molecule has 0 unspecified atom stereocenters. The first kappa shape index (κ1) is 12.7. The van der Waals surface area contributed by atoms with E-state index in [1.54, 1.807) is 0 Å². The van der Waals surface area contributed by atoms with Crippen LogP contribution in [0.1, 0.15) is 31.5 Å². The number of para-hydroxylation sites is 2. The standard InChI is InChI=1S/C17H21ClN2/c18-10-9-17-19-15-3-1-2-4-16(15)20(17)11-14(12-5-6-12)13-7-8-13/h1-4,12-14H,5-11H2. The lowest BCUT2D eigenvalue weighted by Gasteiger charge is -2.18. The van der Waals surface area contributed by atoms with Gasteiger partial charge in [0.1, 0.15) is 5.82 Å². The highest BCUT2D eigenvalue weighted by Crippen LogP contribution is 2.50. The monoisotopic (exact) mass is 288 g/mol. The Kier molecular flexibility index (Phi) is 3.22. The lowest BCUT2D eigenvalue weighted by molar-refractivity contribution is 0.349. The zero-order chi connectivity index (χ0) is 13.5. The molecule has 0 N–H and O–H groups in total. The molecule has 2 aliphatic rings. The number of halogens is 1. The Morgan fingerprint density at radius 3 is 2.50 bits per heavy atom. The van der Waals surface area contributed by atoms with Crippen molar-refractivity contribution in [3.05, 3.63) is 30.1 Å². The van der Waals surface area contributed by atoms with Crippen LogP contribution < -0.4 is 0 Å². The lowest BCUT2D eigenvalue weighted by atomic mass is 9.97. The Bertz CT molecular complexity index is 598. The molecule has 0 amide bonds. The number of hydrogen-bond donors (Lipinski definition) is 0. The number of fused-ring (bicyclic) bond motifs is 1. The minimum atomic E-state index is 0.654. The van der Waals surface area contributed by atoms with E-state index in [1.165, 1.54) is 37.0 Å². The van der Waals surface area contributed by atoms with Gasteiger partial charge in [-0.15, -0.1) is 11.6 Å². The van der Waals surface area contributed by atoms with Crippen molar-refractivity contribution in [1.29, 1.82) is 0 Å². The summed E-state index contributed by atoms with van der Waals surface area (Å²) in [5, 5.41) is 0. The first-order chi connectivity index (χ1) is 9.86. The molecule has 2 fully saturated rings. The molecular formula is C17H21ClN2. The highest BCUT2D eigenvalue weighted by atomic mass is 35.5. The maximum atomic E-state index is 5.97. The first-order valence-electron chi connectivity index (χ1n) is 7.87. The molecule has 4 rings (SSSR count). The molecule has 1 heterocycles. The van der Waals surface area contributed by atoms with Crippen molar-refractivity contribution in [1.82, 2.24) is 9.55 Å². The van der Waals surface area contributed by atoms with Crippen LogP contribution in [0.2, 0.25) is 0 Å². The number of aromatic nitrogens is 2. The molecule has 1 aromatic carbocycles. The molecule has 2 aromatic rings. The summed E-state index contributed by atoms with van der Waals surface area (Å²) in [6.45, 7) is 1.15. The minimum Gasteiger partial charge on any atom is -0.328 e. The summed E-state index contributed by atoms with van der Waals surface area (Å²) >= 11 is 5.97.